The number of anilines is 1. The molecule has 0 aliphatic heterocycles. The van der Waals surface area contributed by atoms with Gasteiger partial charge >= 0.3 is 0 Å². The largest absolute Gasteiger partial charge is 0.444 e. The summed E-state index contributed by atoms with van der Waals surface area (Å²) in [5, 5.41) is 2.89. The van der Waals surface area contributed by atoms with Crippen molar-refractivity contribution in [2.24, 2.45) is 0 Å². The number of benzene rings is 2. The zero-order chi connectivity index (χ0) is 15.4. The number of hydrogen-bond donors (Lipinski definition) is 1. The van der Waals surface area contributed by atoms with Crippen LogP contribution in [0.1, 0.15) is 11.3 Å². The van der Waals surface area contributed by atoms with Crippen LogP contribution in [0.25, 0.3) is 11.5 Å². The third-order valence-electron chi connectivity index (χ3n) is 3.33. The Balaban J connectivity index is 1.68. The van der Waals surface area contributed by atoms with E-state index in [1.165, 1.54) is 6.26 Å². The molecule has 4 heteroatoms. The number of nitrogens with one attached hydrogen (secondary N) is 1. The van der Waals surface area contributed by atoms with Crippen LogP contribution in [-0.4, -0.2) is 10.9 Å². The Kier molecular flexibility index (Phi) is 4.01. The lowest BCUT2D eigenvalue weighted by molar-refractivity contribution is -0.115. The summed E-state index contributed by atoms with van der Waals surface area (Å²) < 4.78 is 5.43. The number of carbonyl (C=O) groups excluding carboxylic acids is 1. The molecule has 0 spiro atoms. The van der Waals surface area contributed by atoms with Gasteiger partial charge < -0.3 is 9.73 Å². The van der Waals surface area contributed by atoms with Crippen molar-refractivity contribution < 1.29 is 9.21 Å². The number of rotatable bonds is 4. The number of carbonyl (C=O) groups is 1. The Morgan fingerprint density at radius 2 is 1.82 bits per heavy atom. The van der Waals surface area contributed by atoms with Gasteiger partial charge in [-0.05, 0) is 30.7 Å². The fourth-order valence-corrected chi connectivity index (χ4v) is 2.17. The molecule has 0 aliphatic rings. The van der Waals surface area contributed by atoms with E-state index >= 15 is 0 Å². The van der Waals surface area contributed by atoms with Crippen molar-refractivity contribution >= 4 is 11.6 Å². The van der Waals surface area contributed by atoms with Crippen LogP contribution in [0.3, 0.4) is 0 Å². The van der Waals surface area contributed by atoms with E-state index in [1.807, 2.05) is 61.5 Å². The number of para-hydroxylation sites is 1. The molecule has 0 atom stereocenters. The number of oxazole rings is 1. The first-order valence-electron chi connectivity index (χ1n) is 7.07. The molecule has 0 fully saturated rings. The lowest BCUT2D eigenvalue weighted by Gasteiger charge is -2.06. The van der Waals surface area contributed by atoms with Crippen molar-refractivity contribution in [3.63, 3.8) is 0 Å². The predicted molar refractivity (Wildman–Crippen MR) is 85.5 cm³/mol. The Morgan fingerprint density at radius 1 is 1.09 bits per heavy atom. The fourth-order valence-electron chi connectivity index (χ4n) is 2.17. The highest BCUT2D eigenvalue weighted by Gasteiger charge is 2.11. The van der Waals surface area contributed by atoms with Crippen molar-refractivity contribution in [3.05, 3.63) is 72.1 Å². The molecule has 1 N–H and O–H groups in total. The van der Waals surface area contributed by atoms with Gasteiger partial charge in [-0.2, -0.15) is 0 Å². The molecule has 0 saturated heterocycles. The molecule has 1 aromatic heterocycles. The number of hydrogen-bond acceptors (Lipinski definition) is 3. The van der Waals surface area contributed by atoms with E-state index in [0.717, 1.165) is 16.8 Å². The van der Waals surface area contributed by atoms with Crippen LogP contribution < -0.4 is 5.32 Å². The van der Waals surface area contributed by atoms with Gasteiger partial charge in [0.2, 0.25) is 11.8 Å². The summed E-state index contributed by atoms with van der Waals surface area (Å²) in [6.07, 6.45) is 1.71. The topological polar surface area (TPSA) is 55.1 Å². The number of amides is 1. The summed E-state index contributed by atoms with van der Waals surface area (Å²) in [6, 6.07) is 17.3. The highest BCUT2D eigenvalue weighted by atomic mass is 16.3. The maximum Gasteiger partial charge on any atom is 0.230 e. The average Bonchev–Trinajstić information content (AvgIpc) is 2.99. The molecule has 0 saturated carbocycles. The molecule has 1 amide bonds. The van der Waals surface area contributed by atoms with Gasteiger partial charge in [0.05, 0.1) is 12.1 Å². The molecular formula is C18H16N2O2. The zero-order valence-corrected chi connectivity index (χ0v) is 12.2. The van der Waals surface area contributed by atoms with Gasteiger partial charge in [0.25, 0.3) is 0 Å². The van der Waals surface area contributed by atoms with E-state index < -0.39 is 0 Å². The highest BCUT2D eigenvalue weighted by molar-refractivity contribution is 5.92. The van der Waals surface area contributed by atoms with Gasteiger partial charge in [-0.1, -0.05) is 36.4 Å². The molecule has 2 aromatic carbocycles. The van der Waals surface area contributed by atoms with Crippen LogP contribution in [0.15, 0.2) is 65.3 Å². The molecule has 0 radical (unpaired) electrons. The van der Waals surface area contributed by atoms with Gasteiger partial charge in [0.15, 0.2) is 0 Å². The van der Waals surface area contributed by atoms with Crippen molar-refractivity contribution in [2.45, 2.75) is 13.3 Å². The van der Waals surface area contributed by atoms with Crippen molar-refractivity contribution in [3.8, 4) is 11.5 Å². The van der Waals surface area contributed by atoms with Crippen LogP contribution in [0.4, 0.5) is 5.69 Å². The third-order valence-corrected chi connectivity index (χ3v) is 3.33. The van der Waals surface area contributed by atoms with Crippen LogP contribution >= 0.6 is 0 Å². The van der Waals surface area contributed by atoms with E-state index in [-0.39, 0.29) is 12.3 Å². The fraction of sp³-hybridized carbons (Fsp3) is 0.111. The summed E-state index contributed by atoms with van der Waals surface area (Å²) in [5.41, 5.74) is 3.36. The highest BCUT2D eigenvalue weighted by Crippen LogP contribution is 2.19. The summed E-state index contributed by atoms with van der Waals surface area (Å²) in [7, 11) is 0. The summed E-state index contributed by atoms with van der Waals surface area (Å²) >= 11 is 0. The second-order valence-electron chi connectivity index (χ2n) is 5.05. The van der Waals surface area contributed by atoms with Crippen molar-refractivity contribution in [2.75, 3.05) is 5.32 Å². The van der Waals surface area contributed by atoms with E-state index in [1.54, 1.807) is 0 Å². The summed E-state index contributed by atoms with van der Waals surface area (Å²) in [4.78, 5) is 16.4. The third kappa shape index (κ3) is 3.23. The molecule has 4 nitrogen and oxygen atoms in total. The minimum Gasteiger partial charge on any atom is -0.444 e. The van der Waals surface area contributed by atoms with Crippen LogP contribution in [0, 0.1) is 6.92 Å². The van der Waals surface area contributed by atoms with Crippen LogP contribution in [-0.2, 0) is 11.2 Å². The second-order valence-corrected chi connectivity index (χ2v) is 5.05. The first kappa shape index (κ1) is 14.1. The van der Waals surface area contributed by atoms with Gasteiger partial charge in [0, 0.05) is 11.3 Å². The second kappa shape index (κ2) is 6.26. The van der Waals surface area contributed by atoms with Gasteiger partial charge in [-0.15, -0.1) is 0 Å². The zero-order valence-electron chi connectivity index (χ0n) is 12.2. The van der Waals surface area contributed by atoms with E-state index in [2.05, 4.69) is 10.3 Å². The Hall–Kier alpha value is -2.88. The monoisotopic (exact) mass is 292 g/mol. The van der Waals surface area contributed by atoms with Crippen LogP contribution in [0.5, 0.6) is 0 Å². The maximum absolute atomic E-state index is 12.1. The number of aryl methyl sites for hydroxylation is 1. The Bertz CT molecular complexity index is 779. The first-order chi connectivity index (χ1) is 10.7. The average molecular weight is 292 g/mol. The van der Waals surface area contributed by atoms with Gasteiger partial charge in [-0.25, -0.2) is 4.98 Å². The van der Waals surface area contributed by atoms with Crippen LogP contribution in [0.2, 0.25) is 0 Å². The van der Waals surface area contributed by atoms with Gasteiger partial charge in [0.1, 0.15) is 6.26 Å². The minimum atomic E-state index is -0.109. The molecule has 110 valence electrons. The lowest BCUT2D eigenvalue weighted by atomic mass is 10.2. The normalized spacial score (nSPS) is 10.4. The molecule has 3 rings (SSSR count). The molecule has 22 heavy (non-hydrogen) atoms. The van der Waals surface area contributed by atoms with Crippen molar-refractivity contribution in [1.29, 1.82) is 0 Å². The summed E-state index contributed by atoms with van der Waals surface area (Å²) in [5.74, 6) is 0.418. The minimum absolute atomic E-state index is 0.109. The van der Waals surface area contributed by atoms with Gasteiger partial charge in [-0.3, -0.25) is 4.79 Å². The van der Waals surface area contributed by atoms with Crippen molar-refractivity contribution in [1.82, 2.24) is 4.98 Å². The Morgan fingerprint density at radius 3 is 2.59 bits per heavy atom. The standard InChI is InChI=1S/C18H16N2O2/c1-13-7-5-6-10-16(13)20-17(21)11-15-12-22-18(19-15)14-8-3-2-4-9-14/h2-10,12H,11H2,1H3,(H,20,21). The number of aromatic nitrogens is 1. The van der Waals surface area contributed by atoms with E-state index in [9.17, 15) is 4.79 Å². The SMILES string of the molecule is Cc1ccccc1NC(=O)Cc1coc(-c2ccccc2)n1. The maximum atomic E-state index is 12.1. The number of nitrogens with zero attached hydrogens (tertiary/aromatic N) is 1. The molecular weight excluding hydrogens is 276 g/mol. The molecule has 1 heterocycles. The quantitative estimate of drug-likeness (QED) is 0.795. The van der Waals surface area contributed by atoms with E-state index in [0.29, 0.717) is 11.6 Å². The summed E-state index contributed by atoms with van der Waals surface area (Å²) in [6.45, 7) is 1.96. The Labute approximate surface area is 128 Å². The molecule has 3 aromatic rings. The van der Waals surface area contributed by atoms with E-state index in [4.69, 9.17) is 4.42 Å². The smallest absolute Gasteiger partial charge is 0.230 e. The molecule has 0 bridgehead atoms. The lowest BCUT2D eigenvalue weighted by Crippen LogP contribution is -2.15. The predicted octanol–water partition coefficient (Wildman–Crippen LogP) is 3.83. The molecule has 0 aliphatic carbocycles. The molecule has 0 unspecified atom stereocenters. The first-order valence-corrected chi connectivity index (χ1v) is 7.07.